The topological polar surface area (TPSA) is 89.8 Å². The molecule has 8 heteroatoms. The Morgan fingerprint density at radius 1 is 1.00 bits per heavy atom. The number of tetrazole rings is 1. The molecule has 24 heavy (non-hydrogen) atoms. The molecular weight excluding hydrogens is 326 g/mol. The number of sulfonamides is 1. The van der Waals surface area contributed by atoms with Crippen LogP contribution in [-0.2, 0) is 10.0 Å². The van der Waals surface area contributed by atoms with E-state index in [2.05, 4.69) is 20.2 Å². The van der Waals surface area contributed by atoms with E-state index >= 15 is 0 Å². The minimum absolute atomic E-state index is 0.210. The summed E-state index contributed by atoms with van der Waals surface area (Å²) in [6.07, 6.45) is 2.08. The van der Waals surface area contributed by atoms with E-state index in [4.69, 9.17) is 0 Å². The van der Waals surface area contributed by atoms with Crippen molar-refractivity contribution in [3.8, 4) is 11.4 Å². The maximum absolute atomic E-state index is 12.6. The van der Waals surface area contributed by atoms with Crippen LogP contribution in [0.5, 0.6) is 0 Å². The van der Waals surface area contributed by atoms with E-state index in [0.717, 1.165) is 12.8 Å². The lowest BCUT2D eigenvalue weighted by atomic mass is 10.1. The Bertz CT molecular complexity index is 965. The van der Waals surface area contributed by atoms with Gasteiger partial charge in [-0.15, -0.1) is 5.10 Å². The van der Waals surface area contributed by atoms with Crippen molar-refractivity contribution >= 4 is 15.7 Å². The molecule has 0 saturated heterocycles. The number of para-hydroxylation sites is 1. The maximum Gasteiger partial charge on any atom is 0.261 e. The van der Waals surface area contributed by atoms with Crippen LogP contribution < -0.4 is 4.72 Å². The number of aromatic nitrogens is 4. The zero-order chi connectivity index (χ0) is 16.6. The normalized spacial score (nSPS) is 14.5. The lowest BCUT2D eigenvalue weighted by Crippen LogP contribution is -2.14. The Labute approximate surface area is 139 Å². The van der Waals surface area contributed by atoms with Crippen molar-refractivity contribution in [1.82, 2.24) is 20.2 Å². The second-order valence-corrected chi connectivity index (χ2v) is 7.32. The summed E-state index contributed by atoms with van der Waals surface area (Å²) in [5.74, 6) is 0.573. The van der Waals surface area contributed by atoms with E-state index < -0.39 is 10.0 Å². The molecule has 0 amide bonds. The average molecular weight is 341 g/mol. The molecule has 1 N–H and O–H groups in total. The predicted molar refractivity (Wildman–Crippen MR) is 88.8 cm³/mol. The van der Waals surface area contributed by atoms with Crippen LogP contribution in [0.25, 0.3) is 11.4 Å². The van der Waals surface area contributed by atoms with Crippen LogP contribution in [0.2, 0.25) is 0 Å². The number of hydrogen-bond donors (Lipinski definition) is 1. The lowest BCUT2D eigenvalue weighted by molar-refractivity contribution is 0.601. The van der Waals surface area contributed by atoms with Gasteiger partial charge in [-0.1, -0.05) is 30.3 Å². The van der Waals surface area contributed by atoms with Crippen molar-refractivity contribution in [3.63, 3.8) is 0 Å². The van der Waals surface area contributed by atoms with Gasteiger partial charge in [0.25, 0.3) is 10.0 Å². The van der Waals surface area contributed by atoms with Crippen molar-refractivity contribution in [2.24, 2.45) is 0 Å². The van der Waals surface area contributed by atoms with Crippen LogP contribution in [0, 0.1) is 0 Å². The molecule has 1 aromatic heterocycles. The quantitative estimate of drug-likeness (QED) is 0.770. The molecule has 1 aliphatic carbocycles. The summed E-state index contributed by atoms with van der Waals surface area (Å²) >= 11 is 0. The average Bonchev–Trinajstić information content (AvgIpc) is 3.33. The van der Waals surface area contributed by atoms with Crippen LogP contribution >= 0.6 is 0 Å². The molecule has 1 aliphatic rings. The van der Waals surface area contributed by atoms with Crippen molar-refractivity contribution in [3.05, 3.63) is 54.6 Å². The second kappa shape index (κ2) is 5.72. The first-order chi connectivity index (χ1) is 11.6. The molecule has 0 radical (unpaired) electrons. The highest BCUT2D eigenvalue weighted by Gasteiger charge is 2.29. The molecule has 4 rings (SSSR count). The predicted octanol–water partition coefficient (Wildman–Crippen LogP) is 2.48. The van der Waals surface area contributed by atoms with Gasteiger partial charge in [0.15, 0.2) is 5.82 Å². The van der Waals surface area contributed by atoms with Gasteiger partial charge in [-0.25, -0.2) is 13.1 Å². The molecule has 122 valence electrons. The highest BCUT2D eigenvalue weighted by atomic mass is 32.2. The number of hydrogen-bond acceptors (Lipinski definition) is 5. The van der Waals surface area contributed by atoms with E-state index in [0.29, 0.717) is 23.1 Å². The molecule has 0 atom stereocenters. The standard InChI is InChI=1S/C16H15N5O2S/c22-24(23,13-6-2-1-3-7-13)18-15-9-5-4-8-14(15)16-17-19-20-21(16)12-10-11-12/h1-9,12,18H,10-11H2. The van der Waals surface area contributed by atoms with E-state index in [-0.39, 0.29) is 4.90 Å². The van der Waals surface area contributed by atoms with Crippen LogP contribution in [0.1, 0.15) is 18.9 Å². The van der Waals surface area contributed by atoms with Crippen LogP contribution in [-0.4, -0.2) is 28.6 Å². The smallest absolute Gasteiger partial charge is 0.261 e. The lowest BCUT2D eigenvalue weighted by Gasteiger charge is -2.12. The first-order valence-electron chi connectivity index (χ1n) is 7.60. The molecule has 0 unspecified atom stereocenters. The summed E-state index contributed by atoms with van der Waals surface area (Å²) in [6.45, 7) is 0. The number of nitrogens with one attached hydrogen (secondary N) is 1. The summed E-state index contributed by atoms with van der Waals surface area (Å²) in [5, 5.41) is 11.8. The van der Waals surface area contributed by atoms with Gasteiger partial charge in [-0.3, -0.25) is 4.72 Å². The van der Waals surface area contributed by atoms with E-state index in [9.17, 15) is 8.42 Å². The van der Waals surface area contributed by atoms with Gasteiger partial charge in [0, 0.05) is 5.56 Å². The highest BCUT2D eigenvalue weighted by molar-refractivity contribution is 7.92. The molecule has 3 aromatic rings. The number of anilines is 1. The number of benzene rings is 2. The molecular formula is C16H15N5O2S. The fourth-order valence-corrected chi connectivity index (χ4v) is 3.61. The molecule has 1 heterocycles. The van der Waals surface area contributed by atoms with Gasteiger partial charge in [-0.2, -0.15) is 0 Å². The van der Waals surface area contributed by atoms with Crippen molar-refractivity contribution in [2.45, 2.75) is 23.8 Å². The molecule has 7 nitrogen and oxygen atoms in total. The molecule has 0 bridgehead atoms. The van der Waals surface area contributed by atoms with Crippen molar-refractivity contribution in [2.75, 3.05) is 4.72 Å². The van der Waals surface area contributed by atoms with Crippen molar-refractivity contribution in [1.29, 1.82) is 0 Å². The fourth-order valence-electron chi connectivity index (χ4n) is 2.51. The van der Waals surface area contributed by atoms with Gasteiger partial charge >= 0.3 is 0 Å². The van der Waals surface area contributed by atoms with Gasteiger partial charge in [0.05, 0.1) is 16.6 Å². The summed E-state index contributed by atoms with van der Waals surface area (Å²) in [5.41, 5.74) is 1.12. The number of rotatable bonds is 5. The minimum Gasteiger partial charge on any atom is -0.279 e. The van der Waals surface area contributed by atoms with E-state index in [1.54, 1.807) is 47.1 Å². The Morgan fingerprint density at radius 3 is 2.46 bits per heavy atom. The molecule has 0 aliphatic heterocycles. The zero-order valence-electron chi connectivity index (χ0n) is 12.7. The number of nitrogens with zero attached hydrogens (tertiary/aromatic N) is 4. The van der Waals surface area contributed by atoms with Crippen LogP contribution in [0.15, 0.2) is 59.5 Å². The van der Waals surface area contributed by atoms with Crippen LogP contribution in [0.4, 0.5) is 5.69 Å². The Kier molecular flexibility index (Phi) is 3.53. The Hall–Kier alpha value is -2.74. The first kappa shape index (κ1) is 14.8. The third-order valence-corrected chi connectivity index (χ3v) is 5.23. The minimum atomic E-state index is -3.67. The maximum atomic E-state index is 12.6. The van der Waals surface area contributed by atoms with Crippen LogP contribution in [0.3, 0.4) is 0 Å². The summed E-state index contributed by atoms with van der Waals surface area (Å²) < 4.78 is 29.6. The summed E-state index contributed by atoms with van der Waals surface area (Å²) in [4.78, 5) is 0.210. The SMILES string of the molecule is O=S(=O)(Nc1ccccc1-c1nnnn1C1CC1)c1ccccc1. The van der Waals surface area contributed by atoms with Gasteiger partial charge < -0.3 is 0 Å². The summed E-state index contributed by atoms with van der Waals surface area (Å²) in [6, 6.07) is 15.7. The fraction of sp³-hybridized carbons (Fsp3) is 0.188. The van der Waals surface area contributed by atoms with Crippen molar-refractivity contribution < 1.29 is 8.42 Å². The van der Waals surface area contributed by atoms with E-state index in [1.165, 1.54) is 0 Å². The largest absolute Gasteiger partial charge is 0.279 e. The van der Waals surface area contributed by atoms with Gasteiger partial charge in [0.2, 0.25) is 0 Å². The third kappa shape index (κ3) is 2.76. The van der Waals surface area contributed by atoms with E-state index in [1.807, 2.05) is 12.1 Å². The molecule has 1 saturated carbocycles. The first-order valence-corrected chi connectivity index (χ1v) is 9.08. The molecule has 1 fully saturated rings. The zero-order valence-corrected chi connectivity index (χ0v) is 13.5. The van der Waals surface area contributed by atoms with Gasteiger partial charge in [0.1, 0.15) is 0 Å². The Morgan fingerprint density at radius 2 is 1.71 bits per heavy atom. The second-order valence-electron chi connectivity index (χ2n) is 5.64. The monoisotopic (exact) mass is 341 g/mol. The molecule has 0 spiro atoms. The Balaban J connectivity index is 1.74. The third-order valence-electron chi connectivity index (χ3n) is 3.85. The highest BCUT2D eigenvalue weighted by Crippen LogP contribution is 2.38. The summed E-state index contributed by atoms with van der Waals surface area (Å²) in [7, 11) is -3.67. The van der Waals surface area contributed by atoms with Gasteiger partial charge in [-0.05, 0) is 47.5 Å². The molecule has 2 aromatic carbocycles.